The number of carboxylic acid groups (broad SMARTS) is 1. The number of carboxylic acids is 1. The second-order valence-corrected chi connectivity index (χ2v) is 4.60. The van der Waals surface area contributed by atoms with Crippen LogP contribution in [0.3, 0.4) is 0 Å². The lowest BCUT2D eigenvalue weighted by Crippen LogP contribution is -2.34. The van der Waals surface area contributed by atoms with Crippen molar-refractivity contribution in [3.63, 3.8) is 0 Å². The van der Waals surface area contributed by atoms with Crippen molar-refractivity contribution >= 4 is 11.9 Å². The fourth-order valence-electron chi connectivity index (χ4n) is 1.24. The van der Waals surface area contributed by atoms with Gasteiger partial charge in [0.25, 0.3) is 0 Å². The van der Waals surface area contributed by atoms with Gasteiger partial charge in [-0.25, -0.2) is 0 Å². The van der Waals surface area contributed by atoms with Crippen molar-refractivity contribution in [2.75, 3.05) is 0 Å². The average Bonchev–Trinajstić information content (AvgIpc) is 1.99. The second-order valence-electron chi connectivity index (χ2n) is 4.60. The molecule has 0 heterocycles. The van der Waals surface area contributed by atoms with Crippen LogP contribution in [0.4, 0.5) is 0 Å². The van der Waals surface area contributed by atoms with E-state index in [4.69, 9.17) is 4.74 Å². The van der Waals surface area contributed by atoms with Gasteiger partial charge in [-0.1, -0.05) is 13.3 Å². The topological polar surface area (TPSA) is 66.4 Å². The lowest BCUT2D eigenvalue weighted by Gasteiger charge is -2.22. The van der Waals surface area contributed by atoms with Crippen LogP contribution in [-0.4, -0.2) is 17.5 Å². The van der Waals surface area contributed by atoms with Gasteiger partial charge in [0.15, 0.2) is 0 Å². The van der Waals surface area contributed by atoms with Crippen LogP contribution in [0, 0.1) is 5.92 Å². The number of rotatable bonds is 5. The zero-order valence-corrected chi connectivity index (χ0v) is 9.83. The molecule has 88 valence electrons. The number of ether oxygens (including phenoxy) is 1. The standard InChI is InChI=1S/C11H20O4/c1-5-6-8(10(13)14)7-9(12)15-11(2,3)4/h8H,5-7H2,1-4H3,(H,13,14)/p-1. The minimum Gasteiger partial charge on any atom is -0.550 e. The van der Waals surface area contributed by atoms with Crippen LogP contribution in [0.5, 0.6) is 0 Å². The summed E-state index contributed by atoms with van der Waals surface area (Å²) in [6, 6.07) is 0. The smallest absolute Gasteiger partial charge is 0.306 e. The van der Waals surface area contributed by atoms with E-state index in [9.17, 15) is 14.7 Å². The fourth-order valence-corrected chi connectivity index (χ4v) is 1.24. The van der Waals surface area contributed by atoms with Crippen molar-refractivity contribution in [3.05, 3.63) is 0 Å². The van der Waals surface area contributed by atoms with Gasteiger partial charge in [-0.15, -0.1) is 0 Å². The first-order valence-corrected chi connectivity index (χ1v) is 5.19. The molecule has 1 atom stereocenters. The zero-order valence-electron chi connectivity index (χ0n) is 9.83. The predicted molar refractivity (Wildman–Crippen MR) is 53.9 cm³/mol. The maximum Gasteiger partial charge on any atom is 0.306 e. The van der Waals surface area contributed by atoms with Crippen LogP contribution in [0.15, 0.2) is 0 Å². The van der Waals surface area contributed by atoms with Crippen LogP contribution in [0.25, 0.3) is 0 Å². The molecule has 0 amide bonds. The number of aliphatic carboxylic acids is 1. The first kappa shape index (κ1) is 13.9. The number of hydrogen-bond donors (Lipinski definition) is 0. The Balaban J connectivity index is 4.18. The third kappa shape index (κ3) is 6.94. The summed E-state index contributed by atoms with van der Waals surface area (Å²) in [4.78, 5) is 22.0. The van der Waals surface area contributed by atoms with E-state index in [0.29, 0.717) is 12.8 Å². The molecule has 0 saturated heterocycles. The first-order valence-electron chi connectivity index (χ1n) is 5.19. The number of esters is 1. The molecule has 0 aliphatic heterocycles. The second kappa shape index (κ2) is 5.73. The Kier molecular flexibility index (Phi) is 5.33. The molecule has 0 fully saturated rings. The number of carbonyl (C=O) groups is 2. The lowest BCUT2D eigenvalue weighted by atomic mass is 10.00. The monoisotopic (exact) mass is 215 g/mol. The van der Waals surface area contributed by atoms with Gasteiger partial charge >= 0.3 is 5.97 Å². The highest BCUT2D eigenvalue weighted by Gasteiger charge is 2.20. The summed E-state index contributed by atoms with van der Waals surface area (Å²) in [5, 5.41) is 10.7. The van der Waals surface area contributed by atoms with Crippen molar-refractivity contribution in [1.82, 2.24) is 0 Å². The summed E-state index contributed by atoms with van der Waals surface area (Å²) in [6.45, 7) is 7.11. The molecule has 0 aromatic rings. The fraction of sp³-hybridized carbons (Fsp3) is 0.818. The van der Waals surface area contributed by atoms with Gasteiger partial charge in [0, 0.05) is 11.9 Å². The van der Waals surface area contributed by atoms with Crippen molar-refractivity contribution in [3.8, 4) is 0 Å². The van der Waals surface area contributed by atoms with E-state index in [0.717, 1.165) is 0 Å². The first-order chi connectivity index (χ1) is 6.76. The van der Waals surface area contributed by atoms with Crippen LogP contribution >= 0.6 is 0 Å². The summed E-state index contributed by atoms with van der Waals surface area (Å²) < 4.78 is 5.03. The molecule has 0 radical (unpaired) electrons. The summed E-state index contributed by atoms with van der Waals surface area (Å²) in [7, 11) is 0. The van der Waals surface area contributed by atoms with Gasteiger partial charge in [-0.3, -0.25) is 4.79 Å². The van der Waals surface area contributed by atoms with E-state index in [1.54, 1.807) is 20.8 Å². The maximum atomic E-state index is 11.3. The third-order valence-electron chi connectivity index (χ3n) is 1.80. The Morgan fingerprint density at radius 2 is 1.87 bits per heavy atom. The summed E-state index contributed by atoms with van der Waals surface area (Å²) in [6.07, 6.45) is 1.05. The Morgan fingerprint density at radius 3 is 2.20 bits per heavy atom. The summed E-state index contributed by atoms with van der Waals surface area (Å²) >= 11 is 0. The SMILES string of the molecule is CCCC(CC(=O)OC(C)(C)C)C(=O)[O-]. The molecular formula is C11H19O4-. The molecule has 4 heteroatoms. The van der Waals surface area contributed by atoms with Crippen LogP contribution < -0.4 is 5.11 Å². The molecule has 1 unspecified atom stereocenters. The molecule has 0 bridgehead atoms. The van der Waals surface area contributed by atoms with Gasteiger partial charge in [-0.05, 0) is 27.2 Å². The highest BCUT2D eigenvalue weighted by molar-refractivity contribution is 5.77. The van der Waals surface area contributed by atoms with Gasteiger partial charge in [-0.2, -0.15) is 0 Å². The molecule has 0 N–H and O–H groups in total. The van der Waals surface area contributed by atoms with Crippen LogP contribution in [0.1, 0.15) is 47.0 Å². The molecule has 0 aliphatic carbocycles. The van der Waals surface area contributed by atoms with Gasteiger partial charge in [0.05, 0.1) is 6.42 Å². The minimum absolute atomic E-state index is 0.104. The van der Waals surface area contributed by atoms with Gasteiger partial charge in [0.1, 0.15) is 5.60 Å². The van der Waals surface area contributed by atoms with Gasteiger partial charge in [0.2, 0.25) is 0 Å². The highest BCUT2D eigenvalue weighted by Crippen LogP contribution is 2.15. The molecule has 15 heavy (non-hydrogen) atoms. The molecule has 0 aromatic carbocycles. The minimum atomic E-state index is -1.18. The summed E-state index contributed by atoms with van der Waals surface area (Å²) in [5.74, 6) is -2.39. The molecule has 0 rings (SSSR count). The van der Waals surface area contributed by atoms with Crippen LogP contribution in [-0.2, 0) is 14.3 Å². The van der Waals surface area contributed by atoms with Gasteiger partial charge < -0.3 is 14.6 Å². The molecular weight excluding hydrogens is 196 g/mol. The highest BCUT2D eigenvalue weighted by atomic mass is 16.6. The summed E-state index contributed by atoms with van der Waals surface area (Å²) in [5.41, 5.74) is -0.570. The zero-order chi connectivity index (χ0) is 12.1. The van der Waals surface area contributed by atoms with E-state index < -0.39 is 23.5 Å². The Hall–Kier alpha value is -1.06. The molecule has 0 aromatic heterocycles. The Labute approximate surface area is 90.6 Å². The van der Waals surface area contributed by atoms with E-state index in [-0.39, 0.29) is 6.42 Å². The maximum absolute atomic E-state index is 11.3. The van der Waals surface area contributed by atoms with E-state index in [2.05, 4.69) is 0 Å². The van der Waals surface area contributed by atoms with E-state index >= 15 is 0 Å². The third-order valence-corrected chi connectivity index (χ3v) is 1.80. The largest absolute Gasteiger partial charge is 0.550 e. The predicted octanol–water partition coefficient (Wildman–Crippen LogP) is 0.884. The number of carbonyl (C=O) groups excluding carboxylic acids is 2. The normalized spacial score (nSPS) is 13.3. The van der Waals surface area contributed by atoms with Crippen molar-refractivity contribution in [2.45, 2.75) is 52.6 Å². The number of hydrogen-bond acceptors (Lipinski definition) is 4. The van der Waals surface area contributed by atoms with Crippen molar-refractivity contribution in [2.24, 2.45) is 5.92 Å². The van der Waals surface area contributed by atoms with Crippen molar-refractivity contribution in [1.29, 1.82) is 0 Å². The van der Waals surface area contributed by atoms with Crippen LogP contribution in [0.2, 0.25) is 0 Å². The van der Waals surface area contributed by atoms with Crippen molar-refractivity contribution < 1.29 is 19.4 Å². The molecule has 0 aliphatic rings. The molecule has 0 saturated carbocycles. The lowest BCUT2D eigenvalue weighted by molar-refractivity contribution is -0.312. The average molecular weight is 215 g/mol. The molecule has 4 nitrogen and oxygen atoms in total. The Morgan fingerprint density at radius 1 is 1.33 bits per heavy atom. The van der Waals surface area contributed by atoms with E-state index in [1.165, 1.54) is 0 Å². The molecule has 0 spiro atoms. The quantitative estimate of drug-likeness (QED) is 0.639. The Bertz CT molecular complexity index is 227. The van der Waals surface area contributed by atoms with E-state index in [1.807, 2.05) is 6.92 Å².